The van der Waals surface area contributed by atoms with Gasteiger partial charge in [0, 0.05) is 18.9 Å². The number of aliphatic hydroxyl groups excluding tert-OH is 1. The molecule has 0 saturated carbocycles. The number of fused-ring (bicyclic) bond motifs is 1. The van der Waals surface area contributed by atoms with Crippen molar-refractivity contribution in [3.8, 4) is 5.75 Å². The molecule has 0 aliphatic heterocycles. The maximum Gasteiger partial charge on any atom is 0.319 e. The van der Waals surface area contributed by atoms with Crippen LogP contribution in [0.5, 0.6) is 5.75 Å². The molecular weight excluding hydrogens is 320 g/mol. The Balaban J connectivity index is 1.45. The molecular formula is C18H20N4O3. The summed E-state index contributed by atoms with van der Waals surface area (Å²) in [5.74, 6) is 0.676. The highest BCUT2D eigenvalue weighted by Crippen LogP contribution is 2.11. The minimum atomic E-state index is -0.801. The van der Waals surface area contributed by atoms with Crippen molar-refractivity contribution in [3.05, 3.63) is 60.6 Å². The number of hydrogen-bond acceptors (Lipinski definition) is 4. The number of hydrogen-bond donors (Lipinski definition) is 3. The largest absolute Gasteiger partial charge is 0.491 e. The lowest BCUT2D eigenvalue weighted by Gasteiger charge is -2.14. The Morgan fingerprint density at radius 1 is 1.24 bits per heavy atom. The third-order valence-corrected chi connectivity index (χ3v) is 3.51. The van der Waals surface area contributed by atoms with Gasteiger partial charge in [0.2, 0.25) is 0 Å². The van der Waals surface area contributed by atoms with Gasteiger partial charge in [-0.2, -0.15) is 0 Å². The number of aliphatic hydroxyl groups is 1. The average molecular weight is 340 g/mol. The van der Waals surface area contributed by atoms with Crippen LogP contribution in [0.1, 0.15) is 5.69 Å². The van der Waals surface area contributed by atoms with Crippen molar-refractivity contribution in [2.45, 2.75) is 13.0 Å². The van der Waals surface area contributed by atoms with Gasteiger partial charge in [0.1, 0.15) is 24.1 Å². The second-order valence-corrected chi connectivity index (χ2v) is 5.68. The number of carbonyl (C=O) groups excluding carboxylic acids is 1. The number of urea groups is 1. The highest BCUT2D eigenvalue weighted by atomic mass is 16.5. The normalized spacial score (nSPS) is 11.9. The second kappa shape index (κ2) is 7.67. The Morgan fingerprint density at radius 3 is 2.84 bits per heavy atom. The smallest absolute Gasteiger partial charge is 0.319 e. The van der Waals surface area contributed by atoms with Crippen LogP contribution in [-0.4, -0.2) is 39.8 Å². The molecule has 1 aromatic carbocycles. The maximum atomic E-state index is 11.9. The third-order valence-electron chi connectivity index (χ3n) is 3.51. The topological polar surface area (TPSA) is 87.9 Å². The van der Waals surface area contributed by atoms with Crippen LogP contribution in [0.2, 0.25) is 0 Å². The molecule has 0 saturated heterocycles. The second-order valence-electron chi connectivity index (χ2n) is 5.68. The minimum absolute atomic E-state index is 0.0884. The number of aryl methyl sites for hydroxylation is 1. The van der Waals surface area contributed by atoms with Crippen molar-refractivity contribution in [1.82, 2.24) is 14.7 Å². The van der Waals surface area contributed by atoms with E-state index in [-0.39, 0.29) is 13.2 Å². The van der Waals surface area contributed by atoms with Crippen molar-refractivity contribution in [2.24, 2.45) is 0 Å². The molecule has 2 aromatic heterocycles. The highest BCUT2D eigenvalue weighted by molar-refractivity contribution is 5.89. The van der Waals surface area contributed by atoms with E-state index in [4.69, 9.17) is 4.74 Å². The van der Waals surface area contributed by atoms with Crippen molar-refractivity contribution in [1.29, 1.82) is 0 Å². The Labute approximate surface area is 145 Å². The Morgan fingerprint density at radius 2 is 2.04 bits per heavy atom. The van der Waals surface area contributed by atoms with E-state index in [1.165, 1.54) is 0 Å². The summed E-state index contributed by atoms with van der Waals surface area (Å²) in [5, 5.41) is 15.2. The van der Waals surface area contributed by atoms with E-state index in [1.807, 2.05) is 41.8 Å². The fourth-order valence-electron chi connectivity index (χ4n) is 2.35. The molecule has 7 heteroatoms. The molecule has 2 amide bonds. The summed E-state index contributed by atoms with van der Waals surface area (Å²) in [4.78, 5) is 16.3. The fourth-order valence-corrected chi connectivity index (χ4v) is 2.35. The molecule has 2 heterocycles. The third kappa shape index (κ3) is 4.71. The summed E-state index contributed by atoms with van der Waals surface area (Å²) >= 11 is 0. The predicted molar refractivity (Wildman–Crippen MR) is 94.9 cm³/mol. The highest BCUT2D eigenvalue weighted by Gasteiger charge is 2.09. The number of rotatable bonds is 6. The zero-order chi connectivity index (χ0) is 17.6. The molecule has 25 heavy (non-hydrogen) atoms. The van der Waals surface area contributed by atoms with Gasteiger partial charge < -0.3 is 24.9 Å². The molecule has 0 aliphatic rings. The first kappa shape index (κ1) is 16.8. The van der Waals surface area contributed by atoms with Crippen LogP contribution in [0.3, 0.4) is 0 Å². The Kier molecular flexibility index (Phi) is 5.15. The Bertz CT molecular complexity index is 848. The lowest BCUT2D eigenvalue weighted by molar-refractivity contribution is 0.108. The van der Waals surface area contributed by atoms with Crippen LogP contribution in [0.25, 0.3) is 5.65 Å². The summed E-state index contributed by atoms with van der Waals surface area (Å²) < 4.78 is 7.28. The first-order valence-electron chi connectivity index (χ1n) is 7.96. The molecule has 0 bridgehead atoms. The zero-order valence-corrected chi connectivity index (χ0v) is 13.8. The van der Waals surface area contributed by atoms with Gasteiger partial charge in [-0.25, -0.2) is 9.78 Å². The summed E-state index contributed by atoms with van der Waals surface area (Å²) in [6.07, 6.45) is 2.86. The molecule has 0 fully saturated rings. The van der Waals surface area contributed by atoms with Gasteiger partial charge in [-0.1, -0.05) is 18.2 Å². The van der Waals surface area contributed by atoms with Crippen molar-refractivity contribution in [3.63, 3.8) is 0 Å². The van der Waals surface area contributed by atoms with E-state index in [2.05, 4.69) is 15.6 Å². The summed E-state index contributed by atoms with van der Waals surface area (Å²) in [5.41, 5.74) is 2.36. The van der Waals surface area contributed by atoms with E-state index >= 15 is 0 Å². The van der Waals surface area contributed by atoms with Crippen LogP contribution >= 0.6 is 0 Å². The van der Waals surface area contributed by atoms with E-state index in [1.54, 1.807) is 24.4 Å². The van der Waals surface area contributed by atoms with Crippen molar-refractivity contribution < 1.29 is 14.6 Å². The van der Waals surface area contributed by atoms with Gasteiger partial charge in [-0.05, 0) is 31.2 Å². The first-order valence-corrected chi connectivity index (χ1v) is 7.96. The predicted octanol–water partition coefficient (Wildman–Crippen LogP) is 2.20. The molecule has 3 aromatic rings. The SMILES string of the molecule is Cc1cn2cc(NC(=O)NC[C@@H](O)COc3ccccc3)ccc2n1. The molecule has 3 rings (SSSR count). The lowest BCUT2D eigenvalue weighted by atomic mass is 10.3. The number of para-hydroxylation sites is 1. The zero-order valence-electron chi connectivity index (χ0n) is 13.8. The van der Waals surface area contributed by atoms with Crippen LogP contribution < -0.4 is 15.4 Å². The molecule has 130 valence electrons. The average Bonchev–Trinajstić information content (AvgIpc) is 2.98. The number of carbonyl (C=O) groups is 1. The summed E-state index contributed by atoms with van der Waals surface area (Å²) in [6.45, 7) is 2.10. The van der Waals surface area contributed by atoms with Gasteiger partial charge in [0.05, 0.1) is 11.4 Å². The van der Waals surface area contributed by atoms with Crippen LogP contribution in [0.4, 0.5) is 10.5 Å². The van der Waals surface area contributed by atoms with Crippen LogP contribution in [-0.2, 0) is 0 Å². The number of aromatic nitrogens is 2. The molecule has 0 spiro atoms. The molecule has 7 nitrogen and oxygen atoms in total. The number of ether oxygens (including phenoxy) is 1. The number of imidazole rings is 1. The molecule has 0 unspecified atom stereocenters. The molecule has 0 aliphatic carbocycles. The van der Waals surface area contributed by atoms with Gasteiger partial charge in [-0.3, -0.25) is 0 Å². The number of nitrogens with zero attached hydrogens (tertiary/aromatic N) is 2. The van der Waals surface area contributed by atoms with Crippen molar-refractivity contribution >= 4 is 17.4 Å². The standard InChI is InChI=1S/C18H20N4O3/c1-13-10-22-11-14(7-8-17(22)20-13)21-18(24)19-9-15(23)12-25-16-5-3-2-4-6-16/h2-8,10-11,15,23H,9,12H2,1H3,(H2,19,21,24)/t15-/m1/s1. The van der Waals surface area contributed by atoms with E-state index in [0.717, 1.165) is 11.3 Å². The van der Waals surface area contributed by atoms with Crippen LogP contribution in [0, 0.1) is 6.92 Å². The lowest BCUT2D eigenvalue weighted by Crippen LogP contribution is -2.37. The van der Waals surface area contributed by atoms with E-state index in [0.29, 0.717) is 11.4 Å². The monoisotopic (exact) mass is 340 g/mol. The van der Waals surface area contributed by atoms with Gasteiger partial charge >= 0.3 is 6.03 Å². The number of benzene rings is 1. The number of amides is 2. The van der Waals surface area contributed by atoms with Crippen molar-refractivity contribution in [2.75, 3.05) is 18.5 Å². The van der Waals surface area contributed by atoms with E-state index < -0.39 is 12.1 Å². The van der Waals surface area contributed by atoms with Gasteiger partial charge in [-0.15, -0.1) is 0 Å². The number of anilines is 1. The van der Waals surface area contributed by atoms with E-state index in [9.17, 15) is 9.90 Å². The van der Waals surface area contributed by atoms with Gasteiger partial charge in [0.15, 0.2) is 0 Å². The fraction of sp³-hybridized carbons (Fsp3) is 0.222. The maximum absolute atomic E-state index is 11.9. The summed E-state index contributed by atoms with van der Waals surface area (Å²) in [7, 11) is 0. The molecule has 1 atom stereocenters. The summed E-state index contributed by atoms with van der Waals surface area (Å²) in [6, 6.07) is 12.4. The van der Waals surface area contributed by atoms with Gasteiger partial charge in [0.25, 0.3) is 0 Å². The first-order chi connectivity index (χ1) is 12.1. The quantitative estimate of drug-likeness (QED) is 0.642. The van der Waals surface area contributed by atoms with Crippen LogP contribution in [0.15, 0.2) is 54.9 Å². The Hall–Kier alpha value is -3.06. The molecule has 0 radical (unpaired) electrons. The number of pyridine rings is 1. The molecule has 3 N–H and O–H groups in total. The number of nitrogens with one attached hydrogen (secondary N) is 2. The minimum Gasteiger partial charge on any atom is -0.491 e.